The predicted molar refractivity (Wildman–Crippen MR) is 126 cm³/mol. The third-order valence-corrected chi connectivity index (χ3v) is 6.33. The molecule has 2 aromatic carbocycles. The van der Waals surface area contributed by atoms with Crippen molar-refractivity contribution in [3.63, 3.8) is 0 Å². The zero-order valence-electron chi connectivity index (χ0n) is 16.8. The molecule has 0 bridgehead atoms. The molecule has 3 aromatic rings. The van der Waals surface area contributed by atoms with Crippen molar-refractivity contribution in [1.29, 1.82) is 0 Å². The number of hydrogen-bond acceptors (Lipinski definition) is 3. The summed E-state index contributed by atoms with van der Waals surface area (Å²) in [4.78, 5) is 12.1. The molecule has 0 saturated carbocycles. The number of halogens is 1. The van der Waals surface area contributed by atoms with Crippen molar-refractivity contribution in [3.05, 3.63) is 87.1 Å². The van der Waals surface area contributed by atoms with Crippen LogP contribution in [0.15, 0.2) is 64.2 Å². The predicted octanol–water partition coefficient (Wildman–Crippen LogP) is 5.55. The first-order valence-corrected chi connectivity index (χ1v) is 11.3. The van der Waals surface area contributed by atoms with E-state index in [4.69, 9.17) is 0 Å². The van der Waals surface area contributed by atoms with E-state index in [0.717, 1.165) is 32.9 Å². The monoisotopic (exact) mass is 469 g/mol. The van der Waals surface area contributed by atoms with Gasteiger partial charge in [-0.25, -0.2) is 5.43 Å². The number of nitrogens with one attached hydrogen (secondary N) is 1. The van der Waals surface area contributed by atoms with Crippen molar-refractivity contribution in [2.75, 3.05) is 5.75 Å². The highest BCUT2D eigenvalue weighted by Crippen LogP contribution is 2.22. The van der Waals surface area contributed by atoms with Crippen molar-refractivity contribution < 1.29 is 4.79 Å². The van der Waals surface area contributed by atoms with Crippen LogP contribution in [0.25, 0.3) is 5.69 Å². The number of aromatic nitrogens is 1. The number of nitrogens with zero attached hydrogens (tertiary/aromatic N) is 2. The lowest BCUT2D eigenvalue weighted by Crippen LogP contribution is -2.19. The van der Waals surface area contributed by atoms with E-state index in [1.54, 1.807) is 18.0 Å². The summed E-state index contributed by atoms with van der Waals surface area (Å²) in [6, 6.07) is 18.5. The Morgan fingerprint density at radius 3 is 2.69 bits per heavy atom. The van der Waals surface area contributed by atoms with Crippen molar-refractivity contribution in [1.82, 2.24) is 9.99 Å². The molecular formula is C23H24BrN3OS. The summed E-state index contributed by atoms with van der Waals surface area (Å²) in [5, 5.41) is 4.15. The minimum absolute atomic E-state index is 0.106. The summed E-state index contributed by atoms with van der Waals surface area (Å²) in [5.74, 6) is 1.03. The molecule has 0 fully saturated rings. The van der Waals surface area contributed by atoms with Crippen LogP contribution >= 0.6 is 27.7 Å². The van der Waals surface area contributed by atoms with Crippen LogP contribution in [0.2, 0.25) is 0 Å². The van der Waals surface area contributed by atoms with E-state index in [1.807, 2.05) is 18.2 Å². The molecule has 3 rings (SSSR count). The van der Waals surface area contributed by atoms with Gasteiger partial charge in [-0.05, 0) is 56.2 Å². The molecule has 1 aromatic heterocycles. The minimum Gasteiger partial charge on any atom is -0.318 e. The van der Waals surface area contributed by atoms with Crippen LogP contribution in [0, 0.1) is 20.8 Å². The summed E-state index contributed by atoms with van der Waals surface area (Å²) in [6.07, 6.45) is 1.71. The first-order valence-electron chi connectivity index (χ1n) is 9.34. The molecule has 1 amide bonds. The van der Waals surface area contributed by atoms with Crippen molar-refractivity contribution in [2.45, 2.75) is 26.5 Å². The van der Waals surface area contributed by atoms with Gasteiger partial charge >= 0.3 is 0 Å². The smallest absolute Gasteiger partial charge is 0.250 e. The fourth-order valence-corrected chi connectivity index (χ4v) is 4.59. The quantitative estimate of drug-likeness (QED) is 0.364. The Bertz CT molecular complexity index is 1040. The van der Waals surface area contributed by atoms with Gasteiger partial charge in [-0.1, -0.05) is 46.3 Å². The normalized spacial score (nSPS) is 11.2. The highest BCUT2D eigenvalue weighted by atomic mass is 79.9. The Morgan fingerprint density at radius 1 is 1.14 bits per heavy atom. The average molecular weight is 470 g/mol. The third kappa shape index (κ3) is 5.61. The SMILES string of the molecule is Cc1cccc(-n2c(C)cc(/C=N\NC(=O)CSCc3ccccc3Br)c2C)c1. The summed E-state index contributed by atoms with van der Waals surface area (Å²) in [7, 11) is 0. The van der Waals surface area contributed by atoms with Gasteiger partial charge < -0.3 is 4.57 Å². The van der Waals surface area contributed by atoms with Crippen molar-refractivity contribution in [2.24, 2.45) is 5.10 Å². The third-order valence-electron chi connectivity index (χ3n) is 4.57. The van der Waals surface area contributed by atoms with Gasteiger partial charge in [0.2, 0.25) is 5.91 Å². The van der Waals surface area contributed by atoms with Gasteiger partial charge in [0.1, 0.15) is 0 Å². The Balaban J connectivity index is 1.57. The second-order valence-corrected chi connectivity index (χ2v) is 8.72. The lowest BCUT2D eigenvalue weighted by molar-refractivity contribution is -0.118. The second kappa shape index (κ2) is 9.94. The second-order valence-electron chi connectivity index (χ2n) is 6.88. The van der Waals surface area contributed by atoms with Crippen LogP contribution in [0.1, 0.15) is 28.1 Å². The number of aryl methyl sites for hydroxylation is 2. The van der Waals surface area contributed by atoms with Gasteiger partial charge in [0.25, 0.3) is 0 Å². The van der Waals surface area contributed by atoms with E-state index in [0.29, 0.717) is 5.75 Å². The highest BCUT2D eigenvalue weighted by molar-refractivity contribution is 9.10. The number of carbonyl (C=O) groups is 1. The molecule has 6 heteroatoms. The van der Waals surface area contributed by atoms with Gasteiger partial charge in [-0.15, -0.1) is 11.8 Å². The van der Waals surface area contributed by atoms with Gasteiger partial charge in [-0.3, -0.25) is 4.79 Å². The topological polar surface area (TPSA) is 46.4 Å². The zero-order chi connectivity index (χ0) is 20.8. The van der Waals surface area contributed by atoms with E-state index in [1.165, 1.54) is 11.1 Å². The molecule has 0 aliphatic carbocycles. The molecule has 1 heterocycles. The van der Waals surface area contributed by atoms with E-state index < -0.39 is 0 Å². The van der Waals surface area contributed by atoms with Gasteiger partial charge in [0.15, 0.2) is 0 Å². The summed E-state index contributed by atoms with van der Waals surface area (Å²) in [6.45, 7) is 6.22. The molecule has 0 radical (unpaired) electrons. The first-order chi connectivity index (χ1) is 14.0. The largest absolute Gasteiger partial charge is 0.318 e. The molecule has 0 unspecified atom stereocenters. The molecule has 0 aliphatic heterocycles. The molecule has 0 aliphatic rings. The van der Waals surface area contributed by atoms with Gasteiger partial charge in [-0.2, -0.15) is 5.10 Å². The molecule has 29 heavy (non-hydrogen) atoms. The fourth-order valence-electron chi connectivity index (χ4n) is 3.16. The van der Waals surface area contributed by atoms with Crippen molar-refractivity contribution >= 4 is 39.8 Å². The van der Waals surface area contributed by atoms with E-state index in [-0.39, 0.29) is 5.91 Å². The summed E-state index contributed by atoms with van der Waals surface area (Å²) >= 11 is 5.09. The number of thioether (sulfide) groups is 1. The van der Waals surface area contributed by atoms with Crippen LogP contribution in [-0.2, 0) is 10.5 Å². The molecule has 0 atom stereocenters. The van der Waals surface area contributed by atoms with Gasteiger partial charge in [0, 0.05) is 32.9 Å². The van der Waals surface area contributed by atoms with E-state index in [9.17, 15) is 4.79 Å². The minimum atomic E-state index is -0.106. The van der Waals surface area contributed by atoms with Crippen molar-refractivity contribution in [3.8, 4) is 5.69 Å². The lowest BCUT2D eigenvalue weighted by atomic mass is 10.2. The summed E-state index contributed by atoms with van der Waals surface area (Å²) in [5.41, 5.74) is 9.37. The van der Waals surface area contributed by atoms with Gasteiger partial charge in [0.05, 0.1) is 12.0 Å². The number of hydrazone groups is 1. The zero-order valence-corrected chi connectivity index (χ0v) is 19.2. The van der Waals surface area contributed by atoms with Crippen LogP contribution in [0.5, 0.6) is 0 Å². The molecule has 0 spiro atoms. The van der Waals surface area contributed by atoms with Crippen LogP contribution in [-0.4, -0.2) is 22.4 Å². The number of benzene rings is 2. The maximum atomic E-state index is 12.1. The maximum Gasteiger partial charge on any atom is 0.250 e. The molecule has 1 N–H and O–H groups in total. The molecule has 150 valence electrons. The maximum absolute atomic E-state index is 12.1. The average Bonchev–Trinajstić information content (AvgIpc) is 2.97. The highest BCUT2D eigenvalue weighted by Gasteiger charge is 2.10. The Kier molecular flexibility index (Phi) is 7.34. The van der Waals surface area contributed by atoms with Crippen LogP contribution in [0.3, 0.4) is 0 Å². The number of rotatable bonds is 7. The van der Waals surface area contributed by atoms with E-state index >= 15 is 0 Å². The van der Waals surface area contributed by atoms with E-state index in [2.05, 4.69) is 88.2 Å². The first kappa shape index (κ1) is 21.4. The fraction of sp³-hybridized carbons (Fsp3) is 0.217. The number of amides is 1. The number of carbonyl (C=O) groups excluding carboxylic acids is 1. The Labute approximate surface area is 184 Å². The molecular weight excluding hydrogens is 446 g/mol. The van der Waals surface area contributed by atoms with Crippen LogP contribution < -0.4 is 5.43 Å². The number of hydrogen-bond donors (Lipinski definition) is 1. The Morgan fingerprint density at radius 2 is 1.93 bits per heavy atom. The lowest BCUT2D eigenvalue weighted by Gasteiger charge is -2.10. The summed E-state index contributed by atoms with van der Waals surface area (Å²) < 4.78 is 3.26. The molecule has 4 nitrogen and oxygen atoms in total. The Hall–Kier alpha value is -2.31. The standard InChI is InChI=1S/C23H24BrN3OS/c1-16-7-6-9-21(11-16)27-17(2)12-20(18(27)3)13-25-26-23(28)15-29-14-19-8-4-5-10-22(19)24/h4-13H,14-15H2,1-3H3,(H,26,28)/b25-13-. The van der Waals surface area contributed by atoms with Crippen LogP contribution in [0.4, 0.5) is 0 Å². The molecule has 0 saturated heterocycles.